The highest BCUT2D eigenvalue weighted by Gasteiger charge is 2.39. The van der Waals surface area contributed by atoms with Crippen LogP contribution in [-0.2, 0) is 20.7 Å². The van der Waals surface area contributed by atoms with Gasteiger partial charge in [0, 0.05) is 5.92 Å². The van der Waals surface area contributed by atoms with Gasteiger partial charge in [-0.2, -0.15) is 0 Å². The Labute approximate surface area is 158 Å². The summed E-state index contributed by atoms with van der Waals surface area (Å²) in [6.45, 7) is 4.05. The van der Waals surface area contributed by atoms with E-state index in [4.69, 9.17) is 4.74 Å². The summed E-state index contributed by atoms with van der Waals surface area (Å²) in [5.41, 5.74) is 3.74. The SMILES string of the molecule is CCOC(=O)C1C(=O)C=C(c2ccc(F)cc2)CC1c1ccc(CC)cc1. The Morgan fingerprint density at radius 2 is 1.74 bits per heavy atom. The monoisotopic (exact) mass is 366 g/mol. The lowest BCUT2D eigenvalue weighted by molar-refractivity contribution is -0.151. The number of ketones is 1. The highest BCUT2D eigenvalue weighted by atomic mass is 19.1. The number of allylic oxidation sites excluding steroid dienone is 2. The van der Waals surface area contributed by atoms with Crippen LogP contribution in [0.25, 0.3) is 5.57 Å². The standard InChI is InChI=1S/C23H23FO3/c1-3-15-5-7-17(8-6-15)20-13-18(16-9-11-19(24)12-10-16)14-21(25)22(20)23(26)27-4-2/h5-12,14,20,22H,3-4,13H2,1-2H3. The van der Waals surface area contributed by atoms with Gasteiger partial charge in [0.2, 0.25) is 0 Å². The van der Waals surface area contributed by atoms with Crippen molar-refractivity contribution in [3.63, 3.8) is 0 Å². The van der Waals surface area contributed by atoms with E-state index in [1.165, 1.54) is 23.8 Å². The lowest BCUT2D eigenvalue weighted by atomic mass is 9.73. The zero-order valence-corrected chi connectivity index (χ0v) is 15.6. The van der Waals surface area contributed by atoms with Crippen LogP contribution in [0.3, 0.4) is 0 Å². The first kappa shape index (κ1) is 19.0. The van der Waals surface area contributed by atoms with E-state index in [9.17, 15) is 14.0 Å². The van der Waals surface area contributed by atoms with Gasteiger partial charge in [-0.15, -0.1) is 0 Å². The first-order valence-electron chi connectivity index (χ1n) is 9.29. The number of rotatable bonds is 5. The second-order valence-corrected chi connectivity index (χ2v) is 6.71. The Morgan fingerprint density at radius 1 is 1.07 bits per heavy atom. The molecule has 0 spiro atoms. The minimum Gasteiger partial charge on any atom is -0.465 e. The number of aryl methyl sites for hydroxylation is 1. The maximum Gasteiger partial charge on any atom is 0.317 e. The summed E-state index contributed by atoms with van der Waals surface area (Å²) in [5.74, 6) is -2.21. The number of benzene rings is 2. The first-order chi connectivity index (χ1) is 13.0. The van der Waals surface area contributed by atoms with E-state index in [0.29, 0.717) is 6.42 Å². The fourth-order valence-corrected chi connectivity index (χ4v) is 3.56. The number of halogens is 1. The van der Waals surface area contributed by atoms with Crippen LogP contribution in [0.1, 0.15) is 42.9 Å². The summed E-state index contributed by atoms with van der Waals surface area (Å²) in [7, 11) is 0. The number of carbonyl (C=O) groups excluding carboxylic acids is 2. The third-order valence-corrected chi connectivity index (χ3v) is 5.04. The van der Waals surface area contributed by atoms with Crippen molar-refractivity contribution in [1.29, 1.82) is 0 Å². The molecule has 0 heterocycles. The molecular weight excluding hydrogens is 343 g/mol. The summed E-state index contributed by atoms with van der Waals surface area (Å²) in [5, 5.41) is 0. The third kappa shape index (κ3) is 4.16. The van der Waals surface area contributed by atoms with Crippen LogP contribution in [0, 0.1) is 11.7 Å². The Kier molecular flexibility index (Phi) is 5.84. The van der Waals surface area contributed by atoms with Gasteiger partial charge in [-0.3, -0.25) is 9.59 Å². The summed E-state index contributed by atoms with van der Waals surface area (Å²) >= 11 is 0. The van der Waals surface area contributed by atoms with Crippen LogP contribution in [0.2, 0.25) is 0 Å². The first-order valence-corrected chi connectivity index (χ1v) is 9.29. The van der Waals surface area contributed by atoms with Gasteiger partial charge in [-0.05, 0) is 60.2 Å². The summed E-state index contributed by atoms with van der Waals surface area (Å²) < 4.78 is 18.4. The molecule has 2 atom stereocenters. The number of carbonyl (C=O) groups is 2. The van der Waals surface area contributed by atoms with E-state index in [2.05, 4.69) is 6.92 Å². The van der Waals surface area contributed by atoms with Gasteiger partial charge in [-0.25, -0.2) is 4.39 Å². The van der Waals surface area contributed by atoms with E-state index in [1.807, 2.05) is 24.3 Å². The minimum absolute atomic E-state index is 0.235. The van der Waals surface area contributed by atoms with Gasteiger partial charge >= 0.3 is 5.97 Å². The van der Waals surface area contributed by atoms with E-state index in [0.717, 1.165) is 23.1 Å². The fraction of sp³-hybridized carbons (Fsp3) is 0.304. The van der Waals surface area contributed by atoms with Crippen molar-refractivity contribution in [3.05, 3.63) is 77.1 Å². The molecule has 0 bridgehead atoms. The molecule has 4 heteroatoms. The van der Waals surface area contributed by atoms with E-state index >= 15 is 0 Å². The Bertz CT molecular complexity index is 850. The summed E-state index contributed by atoms with van der Waals surface area (Å²) in [6, 6.07) is 14.1. The second kappa shape index (κ2) is 8.30. The number of ether oxygens (including phenoxy) is 1. The smallest absolute Gasteiger partial charge is 0.317 e. The normalized spacial score (nSPS) is 19.5. The zero-order valence-electron chi connectivity index (χ0n) is 15.6. The molecule has 0 saturated carbocycles. The lowest BCUT2D eigenvalue weighted by Gasteiger charge is -2.29. The van der Waals surface area contributed by atoms with Crippen molar-refractivity contribution in [3.8, 4) is 0 Å². The van der Waals surface area contributed by atoms with Gasteiger partial charge < -0.3 is 4.74 Å². The molecule has 0 radical (unpaired) electrons. The van der Waals surface area contributed by atoms with Crippen LogP contribution >= 0.6 is 0 Å². The molecule has 0 amide bonds. The molecule has 3 nitrogen and oxygen atoms in total. The van der Waals surface area contributed by atoms with Gasteiger partial charge in [0.05, 0.1) is 6.61 Å². The van der Waals surface area contributed by atoms with Crippen LogP contribution in [0.4, 0.5) is 4.39 Å². The highest BCUT2D eigenvalue weighted by molar-refractivity contribution is 6.10. The molecule has 1 aliphatic rings. The van der Waals surface area contributed by atoms with Gasteiger partial charge in [-0.1, -0.05) is 43.3 Å². The largest absolute Gasteiger partial charge is 0.465 e. The summed E-state index contributed by atoms with van der Waals surface area (Å²) in [6.07, 6.45) is 2.95. The van der Waals surface area contributed by atoms with Crippen LogP contribution in [0.15, 0.2) is 54.6 Å². The number of hydrogen-bond donors (Lipinski definition) is 0. The van der Waals surface area contributed by atoms with Gasteiger partial charge in [0.1, 0.15) is 11.7 Å². The number of esters is 1. The molecule has 2 unspecified atom stereocenters. The van der Waals surface area contributed by atoms with Crippen LogP contribution in [-0.4, -0.2) is 18.4 Å². The van der Waals surface area contributed by atoms with E-state index in [1.54, 1.807) is 19.1 Å². The predicted octanol–water partition coefficient (Wildman–Crippen LogP) is 4.71. The zero-order chi connectivity index (χ0) is 19.4. The molecule has 0 saturated heterocycles. The molecule has 0 N–H and O–H groups in total. The average molecular weight is 366 g/mol. The lowest BCUT2D eigenvalue weighted by Crippen LogP contribution is -2.34. The molecule has 0 fully saturated rings. The van der Waals surface area contributed by atoms with Crippen molar-refractivity contribution in [1.82, 2.24) is 0 Å². The van der Waals surface area contributed by atoms with Crippen molar-refractivity contribution < 1.29 is 18.7 Å². The molecular formula is C23H23FO3. The topological polar surface area (TPSA) is 43.4 Å². The Balaban J connectivity index is 1.99. The van der Waals surface area contributed by atoms with E-state index < -0.39 is 11.9 Å². The fourth-order valence-electron chi connectivity index (χ4n) is 3.56. The van der Waals surface area contributed by atoms with Crippen LogP contribution < -0.4 is 0 Å². The average Bonchev–Trinajstić information content (AvgIpc) is 2.68. The van der Waals surface area contributed by atoms with Crippen molar-refractivity contribution >= 4 is 17.3 Å². The predicted molar refractivity (Wildman–Crippen MR) is 103 cm³/mol. The molecule has 0 aliphatic heterocycles. The minimum atomic E-state index is -0.846. The van der Waals surface area contributed by atoms with Crippen molar-refractivity contribution in [2.75, 3.05) is 6.61 Å². The molecule has 140 valence electrons. The van der Waals surface area contributed by atoms with Crippen molar-refractivity contribution in [2.45, 2.75) is 32.6 Å². The summed E-state index contributed by atoms with van der Waals surface area (Å²) in [4.78, 5) is 25.3. The maximum absolute atomic E-state index is 13.2. The number of hydrogen-bond acceptors (Lipinski definition) is 3. The molecule has 27 heavy (non-hydrogen) atoms. The molecule has 3 rings (SSSR count). The third-order valence-electron chi connectivity index (χ3n) is 5.04. The Hall–Kier alpha value is -2.75. The second-order valence-electron chi connectivity index (χ2n) is 6.71. The maximum atomic E-state index is 13.2. The molecule has 0 aromatic heterocycles. The highest BCUT2D eigenvalue weighted by Crippen LogP contribution is 2.40. The molecule has 2 aromatic rings. The van der Waals surface area contributed by atoms with Crippen LogP contribution in [0.5, 0.6) is 0 Å². The van der Waals surface area contributed by atoms with E-state index in [-0.39, 0.29) is 24.1 Å². The van der Waals surface area contributed by atoms with Gasteiger partial charge in [0.25, 0.3) is 0 Å². The van der Waals surface area contributed by atoms with Gasteiger partial charge in [0.15, 0.2) is 5.78 Å². The van der Waals surface area contributed by atoms with Crippen molar-refractivity contribution in [2.24, 2.45) is 5.92 Å². The quantitative estimate of drug-likeness (QED) is 0.569. The Morgan fingerprint density at radius 3 is 2.33 bits per heavy atom. The molecule has 1 aliphatic carbocycles. The molecule has 2 aromatic carbocycles.